The summed E-state index contributed by atoms with van der Waals surface area (Å²) in [6, 6.07) is 0. The van der Waals surface area contributed by atoms with Crippen LogP contribution in [-0.4, -0.2) is 24.2 Å². The number of hydrogen-bond donors (Lipinski definition) is 1. The van der Waals surface area contributed by atoms with Gasteiger partial charge in [0.05, 0.1) is 6.61 Å². The van der Waals surface area contributed by atoms with Crippen LogP contribution >= 0.6 is 0 Å². The first-order valence-corrected chi connectivity index (χ1v) is 2.59. The van der Waals surface area contributed by atoms with Crippen molar-refractivity contribution >= 4 is 12.4 Å². The third-order valence-electron chi connectivity index (χ3n) is 0.409. The third kappa shape index (κ3) is 30.0. The summed E-state index contributed by atoms with van der Waals surface area (Å²) >= 11 is 0. The molecule has 0 aromatic heterocycles. The maximum absolute atomic E-state index is 9.25. The molecule has 58 valence electrons. The number of ether oxygens (including phenoxy) is 1. The van der Waals surface area contributed by atoms with Crippen LogP contribution in [0.5, 0.6) is 0 Å². The van der Waals surface area contributed by atoms with Crippen LogP contribution in [0.1, 0.15) is 6.92 Å². The van der Waals surface area contributed by atoms with E-state index in [1.807, 2.05) is 0 Å². The molecule has 0 heterocycles. The lowest BCUT2D eigenvalue weighted by Crippen LogP contribution is -1.82. The summed E-state index contributed by atoms with van der Waals surface area (Å²) in [5.41, 5.74) is 0. The summed E-state index contributed by atoms with van der Waals surface area (Å²) < 4.78 is 4.15. The zero-order valence-corrected chi connectivity index (χ0v) is 5.74. The molecule has 4 heteroatoms. The van der Waals surface area contributed by atoms with Crippen molar-refractivity contribution in [3.05, 3.63) is 12.7 Å². The Morgan fingerprint density at radius 3 is 2.20 bits per heavy atom. The largest absolute Gasteiger partial charge is 0.478 e. The molecule has 0 spiro atoms. The molecule has 1 N–H and O–H groups in total. The zero-order valence-electron chi connectivity index (χ0n) is 5.74. The number of carboxylic acid groups (broad SMARTS) is 1. The Morgan fingerprint density at radius 2 is 2.20 bits per heavy atom. The van der Waals surface area contributed by atoms with Gasteiger partial charge < -0.3 is 9.84 Å². The predicted octanol–water partition coefficient (Wildman–Crippen LogP) is 0.436. The Kier molecular flexibility index (Phi) is 12.2. The van der Waals surface area contributed by atoms with Crippen molar-refractivity contribution in [3.63, 3.8) is 0 Å². The van der Waals surface area contributed by atoms with Gasteiger partial charge in [-0.05, 0) is 6.92 Å². The van der Waals surface area contributed by atoms with Gasteiger partial charge in [-0.2, -0.15) is 0 Å². The molecular weight excluding hydrogens is 136 g/mol. The van der Waals surface area contributed by atoms with Gasteiger partial charge in [0.2, 0.25) is 0 Å². The van der Waals surface area contributed by atoms with Gasteiger partial charge in [-0.1, -0.05) is 6.58 Å². The molecule has 0 aliphatic heterocycles. The van der Waals surface area contributed by atoms with Crippen LogP contribution in [-0.2, 0) is 14.3 Å². The number of carbonyl (C=O) groups excluding carboxylic acids is 1. The van der Waals surface area contributed by atoms with Crippen LogP contribution in [0.2, 0.25) is 0 Å². The highest BCUT2D eigenvalue weighted by molar-refractivity contribution is 5.78. The first-order valence-electron chi connectivity index (χ1n) is 2.59. The molecule has 0 aromatic rings. The fourth-order valence-electron chi connectivity index (χ4n) is 0.0680. The van der Waals surface area contributed by atoms with Crippen LogP contribution in [0.25, 0.3) is 0 Å². The van der Waals surface area contributed by atoms with Gasteiger partial charge in [0.15, 0.2) is 0 Å². The zero-order chi connectivity index (χ0) is 8.41. The van der Waals surface area contributed by atoms with E-state index in [0.29, 0.717) is 13.1 Å². The molecule has 0 atom stereocenters. The second-order valence-electron chi connectivity index (χ2n) is 1.09. The SMILES string of the molecule is C=CC(=O)O.CCOC=O. The van der Waals surface area contributed by atoms with E-state index in [1.165, 1.54) is 0 Å². The second-order valence-corrected chi connectivity index (χ2v) is 1.09. The highest BCUT2D eigenvalue weighted by Crippen LogP contribution is 1.55. The molecule has 4 nitrogen and oxygen atoms in total. The van der Waals surface area contributed by atoms with E-state index in [0.717, 1.165) is 6.08 Å². The molecule has 0 radical (unpaired) electrons. The Morgan fingerprint density at radius 1 is 1.80 bits per heavy atom. The van der Waals surface area contributed by atoms with Crippen LogP contribution in [0.15, 0.2) is 12.7 Å². The first-order chi connectivity index (χ1) is 4.68. The number of carbonyl (C=O) groups is 2. The average Bonchev–Trinajstić information content (AvgIpc) is 1.91. The molecule has 0 amide bonds. The monoisotopic (exact) mass is 146 g/mol. The van der Waals surface area contributed by atoms with Gasteiger partial charge in [-0.25, -0.2) is 4.79 Å². The molecular formula is C6H10O4. The summed E-state index contributed by atoms with van der Waals surface area (Å²) in [7, 11) is 0. The minimum atomic E-state index is -0.981. The van der Waals surface area contributed by atoms with Gasteiger partial charge in [0, 0.05) is 6.08 Å². The van der Waals surface area contributed by atoms with Crippen LogP contribution in [0.3, 0.4) is 0 Å². The van der Waals surface area contributed by atoms with E-state index in [-0.39, 0.29) is 0 Å². The molecule has 0 saturated heterocycles. The summed E-state index contributed by atoms with van der Waals surface area (Å²) in [6.45, 7) is 5.63. The van der Waals surface area contributed by atoms with Crippen LogP contribution < -0.4 is 0 Å². The summed E-state index contributed by atoms with van der Waals surface area (Å²) in [4.78, 5) is 18.4. The van der Waals surface area contributed by atoms with Crippen molar-refractivity contribution in [2.24, 2.45) is 0 Å². The standard InChI is InChI=1S/C3H6O2.C3H4O2/c1-2-5-3-4;1-2-3(4)5/h3H,2H2,1H3;2H,1H2,(H,4,5). The van der Waals surface area contributed by atoms with E-state index >= 15 is 0 Å². The molecule has 0 aliphatic carbocycles. The van der Waals surface area contributed by atoms with E-state index in [4.69, 9.17) is 5.11 Å². The van der Waals surface area contributed by atoms with Crippen molar-refractivity contribution in [1.82, 2.24) is 0 Å². The van der Waals surface area contributed by atoms with Crippen LogP contribution in [0, 0.1) is 0 Å². The molecule has 0 aliphatic rings. The molecule has 0 fully saturated rings. The second kappa shape index (κ2) is 10.6. The maximum atomic E-state index is 9.25. The van der Waals surface area contributed by atoms with E-state index in [1.54, 1.807) is 6.92 Å². The lowest BCUT2D eigenvalue weighted by atomic mass is 10.7. The average molecular weight is 146 g/mol. The molecule has 0 aromatic carbocycles. The Labute approximate surface area is 59.1 Å². The number of carboxylic acids is 1. The minimum Gasteiger partial charge on any atom is -0.478 e. The lowest BCUT2D eigenvalue weighted by molar-refractivity contribution is -0.131. The number of aliphatic carboxylic acids is 1. The first kappa shape index (κ1) is 11.5. The predicted molar refractivity (Wildman–Crippen MR) is 35.5 cm³/mol. The molecule has 0 rings (SSSR count). The Bertz CT molecular complexity index is 108. The van der Waals surface area contributed by atoms with E-state index < -0.39 is 5.97 Å². The Hall–Kier alpha value is -1.32. The maximum Gasteiger partial charge on any atom is 0.327 e. The summed E-state index contributed by atoms with van der Waals surface area (Å²) in [5, 5.41) is 7.60. The quantitative estimate of drug-likeness (QED) is 0.463. The molecule has 0 saturated carbocycles. The van der Waals surface area contributed by atoms with Gasteiger partial charge in [0.25, 0.3) is 6.47 Å². The van der Waals surface area contributed by atoms with Crippen molar-refractivity contribution in [3.8, 4) is 0 Å². The number of rotatable bonds is 3. The molecule has 10 heavy (non-hydrogen) atoms. The van der Waals surface area contributed by atoms with Crippen molar-refractivity contribution < 1.29 is 19.4 Å². The molecule has 0 bridgehead atoms. The van der Waals surface area contributed by atoms with Gasteiger partial charge in [-0.15, -0.1) is 0 Å². The third-order valence-corrected chi connectivity index (χ3v) is 0.409. The fourth-order valence-corrected chi connectivity index (χ4v) is 0.0680. The summed E-state index contributed by atoms with van der Waals surface area (Å²) in [6.07, 6.45) is 0.833. The van der Waals surface area contributed by atoms with Crippen molar-refractivity contribution in [2.75, 3.05) is 6.61 Å². The van der Waals surface area contributed by atoms with E-state index in [9.17, 15) is 9.59 Å². The fraction of sp³-hybridized carbons (Fsp3) is 0.333. The topological polar surface area (TPSA) is 63.6 Å². The van der Waals surface area contributed by atoms with E-state index in [2.05, 4.69) is 11.3 Å². The van der Waals surface area contributed by atoms with Gasteiger partial charge in [0.1, 0.15) is 0 Å². The Balaban J connectivity index is 0. The normalized spacial score (nSPS) is 6.50. The highest BCUT2D eigenvalue weighted by Gasteiger charge is 1.73. The van der Waals surface area contributed by atoms with Crippen molar-refractivity contribution in [1.29, 1.82) is 0 Å². The highest BCUT2D eigenvalue weighted by atomic mass is 16.5. The molecule has 0 unspecified atom stereocenters. The number of hydrogen-bond acceptors (Lipinski definition) is 3. The lowest BCUT2D eigenvalue weighted by Gasteiger charge is -1.79. The smallest absolute Gasteiger partial charge is 0.327 e. The van der Waals surface area contributed by atoms with Gasteiger partial charge in [-0.3, -0.25) is 4.79 Å². The van der Waals surface area contributed by atoms with Crippen molar-refractivity contribution in [2.45, 2.75) is 6.92 Å². The summed E-state index contributed by atoms with van der Waals surface area (Å²) in [5.74, 6) is -0.981. The van der Waals surface area contributed by atoms with Crippen LogP contribution in [0.4, 0.5) is 0 Å². The minimum absolute atomic E-state index is 0.431. The van der Waals surface area contributed by atoms with Gasteiger partial charge >= 0.3 is 5.97 Å².